The van der Waals surface area contributed by atoms with E-state index in [4.69, 9.17) is 11.6 Å². The highest BCUT2D eigenvalue weighted by Gasteiger charge is 2.16. The fourth-order valence-electron chi connectivity index (χ4n) is 1.91. The Bertz CT molecular complexity index is 407. The Labute approximate surface area is 120 Å². The summed E-state index contributed by atoms with van der Waals surface area (Å²) in [5, 5.41) is 3.89. The average molecular weight is 283 g/mol. The molecule has 0 aliphatic rings. The number of halogens is 1. The predicted octanol–water partition coefficient (Wildman–Crippen LogP) is 3.08. The van der Waals surface area contributed by atoms with Gasteiger partial charge in [0.25, 0.3) is 0 Å². The highest BCUT2D eigenvalue weighted by Crippen LogP contribution is 2.14. The second kappa shape index (κ2) is 8.18. The average Bonchev–Trinajstić information content (AvgIpc) is 2.36. The molecule has 0 spiro atoms. The molecule has 1 N–H and O–H groups in total. The van der Waals surface area contributed by atoms with Gasteiger partial charge in [0.05, 0.1) is 0 Å². The van der Waals surface area contributed by atoms with Crippen molar-refractivity contribution < 1.29 is 4.79 Å². The third-order valence-corrected chi connectivity index (χ3v) is 3.19. The van der Waals surface area contributed by atoms with Crippen LogP contribution < -0.4 is 5.32 Å². The zero-order chi connectivity index (χ0) is 14.3. The van der Waals surface area contributed by atoms with Gasteiger partial charge in [-0.25, -0.2) is 0 Å². The molecule has 4 heteroatoms. The molecule has 0 atom stereocenters. The molecule has 0 unspecified atom stereocenters. The molecule has 0 heterocycles. The van der Waals surface area contributed by atoms with Crippen LogP contribution in [0, 0.1) is 0 Å². The van der Waals surface area contributed by atoms with Gasteiger partial charge in [0.2, 0.25) is 5.91 Å². The van der Waals surface area contributed by atoms with Crippen LogP contribution in [-0.4, -0.2) is 29.9 Å². The Morgan fingerprint density at radius 3 is 2.74 bits per heavy atom. The van der Waals surface area contributed by atoms with Crippen LogP contribution in [0.3, 0.4) is 0 Å². The van der Waals surface area contributed by atoms with Crippen molar-refractivity contribution in [3.05, 3.63) is 34.9 Å². The minimum absolute atomic E-state index is 0.177. The van der Waals surface area contributed by atoms with Gasteiger partial charge in [-0.3, -0.25) is 4.79 Å². The molecule has 0 radical (unpaired) electrons. The lowest BCUT2D eigenvalue weighted by Crippen LogP contribution is -2.37. The zero-order valence-corrected chi connectivity index (χ0v) is 12.7. The van der Waals surface area contributed by atoms with Crippen LogP contribution in [0.25, 0.3) is 0 Å². The number of nitrogens with one attached hydrogen (secondary N) is 1. The summed E-state index contributed by atoms with van der Waals surface area (Å²) in [6, 6.07) is 7.86. The van der Waals surface area contributed by atoms with Crippen LogP contribution in [0.2, 0.25) is 5.02 Å². The van der Waals surface area contributed by atoms with Crippen molar-refractivity contribution in [1.29, 1.82) is 0 Å². The maximum Gasteiger partial charge on any atom is 0.224 e. The third kappa shape index (κ3) is 5.62. The van der Waals surface area contributed by atoms with E-state index < -0.39 is 0 Å². The van der Waals surface area contributed by atoms with E-state index in [9.17, 15) is 4.79 Å². The van der Waals surface area contributed by atoms with E-state index in [1.165, 1.54) is 0 Å². The van der Waals surface area contributed by atoms with Gasteiger partial charge in [0.15, 0.2) is 0 Å². The molecule has 0 saturated heterocycles. The fraction of sp³-hybridized carbons (Fsp3) is 0.533. The first kappa shape index (κ1) is 16.0. The lowest BCUT2D eigenvalue weighted by molar-refractivity contribution is -0.133. The van der Waals surface area contributed by atoms with Crippen LogP contribution in [0.5, 0.6) is 0 Å². The maximum absolute atomic E-state index is 12.2. The summed E-state index contributed by atoms with van der Waals surface area (Å²) in [4.78, 5) is 14.1. The van der Waals surface area contributed by atoms with Gasteiger partial charge in [0, 0.05) is 30.6 Å². The van der Waals surface area contributed by atoms with Gasteiger partial charge in [-0.1, -0.05) is 30.7 Å². The normalized spacial score (nSPS) is 10.8. The first-order valence-corrected chi connectivity index (χ1v) is 7.17. The van der Waals surface area contributed by atoms with Gasteiger partial charge in [-0.15, -0.1) is 0 Å². The molecule has 19 heavy (non-hydrogen) atoms. The third-order valence-electron chi connectivity index (χ3n) is 2.95. The summed E-state index contributed by atoms with van der Waals surface area (Å²) < 4.78 is 0. The van der Waals surface area contributed by atoms with E-state index in [2.05, 4.69) is 5.32 Å². The molecule has 1 rings (SSSR count). The Balaban J connectivity index is 2.64. The first-order valence-electron chi connectivity index (χ1n) is 6.79. The van der Waals surface area contributed by atoms with Gasteiger partial charge in [-0.2, -0.15) is 0 Å². The monoisotopic (exact) mass is 282 g/mol. The van der Waals surface area contributed by atoms with Crippen molar-refractivity contribution in [3.8, 4) is 0 Å². The van der Waals surface area contributed by atoms with E-state index in [1.807, 2.05) is 49.9 Å². The molecule has 0 aromatic heterocycles. The minimum Gasteiger partial charge on any atom is -0.336 e. The number of hydrogen-bond donors (Lipinski definition) is 1. The Morgan fingerprint density at radius 1 is 1.42 bits per heavy atom. The highest BCUT2D eigenvalue weighted by molar-refractivity contribution is 6.30. The summed E-state index contributed by atoms with van der Waals surface area (Å²) >= 11 is 5.98. The smallest absolute Gasteiger partial charge is 0.224 e. The number of carbonyl (C=O) groups is 1. The van der Waals surface area contributed by atoms with Crippen LogP contribution in [0.15, 0.2) is 24.3 Å². The number of rotatable bonds is 7. The first-order chi connectivity index (χ1) is 9.04. The van der Waals surface area contributed by atoms with Crippen LogP contribution in [0.1, 0.15) is 32.8 Å². The second-order valence-electron chi connectivity index (χ2n) is 4.85. The van der Waals surface area contributed by atoms with Crippen molar-refractivity contribution in [2.24, 2.45) is 0 Å². The van der Waals surface area contributed by atoms with Crippen molar-refractivity contribution in [3.63, 3.8) is 0 Å². The van der Waals surface area contributed by atoms with E-state index in [1.54, 1.807) is 0 Å². The van der Waals surface area contributed by atoms with Crippen LogP contribution >= 0.6 is 11.6 Å². The number of benzene rings is 1. The fourth-order valence-corrected chi connectivity index (χ4v) is 2.12. The van der Waals surface area contributed by atoms with Crippen molar-refractivity contribution in [2.45, 2.75) is 39.8 Å². The standard InChI is InChI=1S/C15H23ClN2O/c1-4-17-9-8-15(19)18(12(2)3)11-13-6-5-7-14(16)10-13/h5-7,10,12,17H,4,8-9,11H2,1-3H3. The molecule has 0 saturated carbocycles. The van der Waals surface area contributed by atoms with Crippen LogP contribution in [-0.2, 0) is 11.3 Å². The van der Waals surface area contributed by atoms with E-state index in [-0.39, 0.29) is 11.9 Å². The molecular weight excluding hydrogens is 260 g/mol. The van der Waals surface area contributed by atoms with Gasteiger partial charge in [0.1, 0.15) is 0 Å². The highest BCUT2D eigenvalue weighted by atomic mass is 35.5. The van der Waals surface area contributed by atoms with Gasteiger partial charge in [-0.05, 0) is 38.1 Å². The van der Waals surface area contributed by atoms with Crippen molar-refractivity contribution >= 4 is 17.5 Å². The molecule has 0 fully saturated rings. The quantitative estimate of drug-likeness (QED) is 0.780. The largest absolute Gasteiger partial charge is 0.336 e. The second-order valence-corrected chi connectivity index (χ2v) is 5.29. The molecular formula is C15H23ClN2O. The summed E-state index contributed by atoms with van der Waals surface area (Å²) in [5.41, 5.74) is 1.07. The molecule has 106 valence electrons. The number of carbonyl (C=O) groups excluding carboxylic acids is 1. The lowest BCUT2D eigenvalue weighted by Gasteiger charge is -2.27. The predicted molar refractivity (Wildman–Crippen MR) is 80.3 cm³/mol. The molecule has 1 amide bonds. The van der Waals surface area contributed by atoms with E-state index >= 15 is 0 Å². The van der Waals surface area contributed by atoms with Crippen LogP contribution in [0.4, 0.5) is 0 Å². The molecule has 0 aliphatic heterocycles. The number of amides is 1. The Hall–Kier alpha value is -1.06. The number of hydrogen-bond acceptors (Lipinski definition) is 2. The zero-order valence-electron chi connectivity index (χ0n) is 11.9. The molecule has 1 aromatic rings. The van der Waals surface area contributed by atoms with Gasteiger partial charge < -0.3 is 10.2 Å². The Kier molecular flexibility index (Phi) is 6.89. The SMILES string of the molecule is CCNCCC(=O)N(Cc1cccc(Cl)c1)C(C)C. The maximum atomic E-state index is 12.2. The minimum atomic E-state index is 0.177. The molecule has 3 nitrogen and oxygen atoms in total. The Morgan fingerprint density at radius 2 is 2.16 bits per heavy atom. The van der Waals surface area contributed by atoms with Crippen molar-refractivity contribution in [1.82, 2.24) is 10.2 Å². The van der Waals surface area contributed by atoms with Crippen molar-refractivity contribution in [2.75, 3.05) is 13.1 Å². The van der Waals surface area contributed by atoms with E-state index in [0.717, 1.165) is 18.7 Å². The topological polar surface area (TPSA) is 32.3 Å². The van der Waals surface area contributed by atoms with E-state index in [0.29, 0.717) is 18.0 Å². The lowest BCUT2D eigenvalue weighted by atomic mass is 10.1. The molecule has 1 aromatic carbocycles. The summed E-state index contributed by atoms with van der Waals surface area (Å²) in [6.45, 7) is 8.35. The molecule has 0 aliphatic carbocycles. The number of nitrogens with zero attached hydrogens (tertiary/aromatic N) is 1. The summed E-state index contributed by atoms with van der Waals surface area (Å²) in [6.07, 6.45) is 0.534. The summed E-state index contributed by atoms with van der Waals surface area (Å²) in [5.74, 6) is 0.177. The van der Waals surface area contributed by atoms with Gasteiger partial charge >= 0.3 is 0 Å². The molecule has 0 bridgehead atoms. The summed E-state index contributed by atoms with van der Waals surface area (Å²) in [7, 11) is 0.